The van der Waals surface area contributed by atoms with E-state index in [1.807, 2.05) is 6.92 Å². The summed E-state index contributed by atoms with van der Waals surface area (Å²) >= 11 is 0. The summed E-state index contributed by atoms with van der Waals surface area (Å²) < 4.78 is 26.8. The van der Waals surface area contributed by atoms with Gasteiger partial charge in [0, 0.05) is 37.3 Å². The molecule has 1 saturated heterocycles. The van der Waals surface area contributed by atoms with Crippen molar-refractivity contribution in [1.82, 2.24) is 10.2 Å². The van der Waals surface area contributed by atoms with Gasteiger partial charge < -0.3 is 5.32 Å². The standard InChI is InChI=1S/C13H18F2N2.ClH/c1-9-8-17(6-5-16-9)10(2)12-7-11(14)3-4-13(12)15;/h3-4,7,9-10,16H,5-6,8H2,1-2H3;1H. The van der Waals surface area contributed by atoms with Gasteiger partial charge in [0.15, 0.2) is 0 Å². The van der Waals surface area contributed by atoms with Crippen LogP contribution in [-0.4, -0.2) is 30.6 Å². The van der Waals surface area contributed by atoms with Gasteiger partial charge in [0.25, 0.3) is 0 Å². The van der Waals surface area contributed by atoms with Gasteiger partial charge in [-0.3, -0.25) is 4.90 Å². The van der Waals surface area contributed by atoms with Crippen LogP contribution in [0.1, 0.15) is 25.5 Å². The van der Waals surface area contributed by atoms with Crippen molar-refractivity contribution in [3.8, 4) is 0 Å². The van der Waals surface area contributed by atoms with Crippen LogP contribution in [0.5, 0.6) is 0 Å². The third kappa shape index (κ3) is 3.40. The highest BCUT2D eigenvalue weighted by atomic mass is 35.5. The second kappa shape index (κ2) is 6.45. The normalized spacial score (nSPS) is 22.3. The Bertz CT molecular complexity index is 401. The molecule has 1 aliphatic heterocycles. The fourth-order valence-electron chi connectivity index (χ4n) is 2.35. The first-order valence-electron chi connectivity index (χ1n) is 6.00. The van der Waals surface area contributed by atoms with E-state index >= 15 is 0 Å². The molecule has 18 heavy (non-hydrogen) atoms. The number of hydrogen-bond acceptors (Lipinski definition) is 2. The maximum absolute atomic E-state index is 13.7. The number of benzene rings is 1. The molecule has 0 amide bonds. The van der Waals surface area contributed by atoms with E-state index < -0.39 is 0 Å². The molecule has 1 aromatic rings. The van der Waals surface area contributed by atoms with Crippen molar-refractivity contribution >= 4 is 12.4 Å². The lowest BCUT2D eigenvalue weighted by Crippen LogP contribution is -2.49. The lowest BCUT2D eigenvalue weighted by atomic mass is 10.0. The molecule has 0 saturated carbocycles. The summed E-state index contributed by atoms with van der Waals surface area (Å²) in [6, 6.07) is 3.96. The van der Waals surface area contributed by atoms with Crippen LogP contribution in [0.15, 0.2) is 18.2 Å². The molecule has 2 rings (SSSR count). The van der Waals surface area contributed by atoms with Crippen LogP contribution in [0, 0.1) is 11.6 Å². The summed E-state index contributed by atoms with van der Waals surface area (Å²) in [5.41, 5.74) is 0.444. The minimum absolute atomic E-state index is 0. The number of rotatable bonds is 2. The zero-order valence-corrected chi connectivity index (χ0v) is 11.4. The highest BCUT2D eigenvalue weighted by Crippen LogP contribution is 2.24. The predicted octanol–water partition coefficient (Wildman–Crippen LogP) is 2.74. The summed E-state index contributed by atoms with van der Waals surface area (Å²) in [5.74, 6) is -0.707. The Morgan fingerprint density at radius 2 is 2.11 bits per heavy atom. The zero-order chi connectivity index (χ0) is 12.4. The van der Waals surface area contributed by atoms with Gasteiger partial charge in [0.05, 0.1) is 0 Å². The van der Waals surface area contributed by atoms with E-state index in [-0.39, 0.29) is 30.1 Å². The average molecular weight is 277 g/mol. The third-order valence-corrected chi connectivity index (χ3v) is 3.36. The molecule has 1 aliphatic rings. The summed E-state index contributed by atoms with van der Waals surface area (Å²) in [7, 11) is 0. The van der Waals surface area contributed by atoms with Gasteiger partial charge in [0.2, 0.25) is 0 Å². The molecule has 0 spiro atoms. The van der Waals surface area contributed by atoms with Gasteiger partial charge >= 0.3 is 0 Å². The molecule has 102 valence electrons. The Balaban J connectivity index is 0.00000162. The van der Waals surface area contributed by atoms with Crippen molar-refractivity contribution in [2.24, 2.45) is 0 Å². The number of nitrogens with one attached hydrogen (secondary N) is 1. The van der Waals surface area contributed by atoms with Gasteiger partial charge in [-0.25, -0.2) is 8.78 Å². The topological polar surface area (TPSA) is 15.3 Å². The molecule has 1 N–H and O–H groups in total. The van der Waals surface area contributed by atoms with E-state index in [4.69, 9.17) is 0 Å². The third-order valence-electron chi connectivity index (χ3n) is 3.36. The number of hydrogen-bond donors (Lipinski definition) is 1. The molecule has 0 aliphatic carbocycles. The van der Waals surface area contributed by atoms with E-state index in [1.54, 1.807) is 0 Å². The molecule has 1 heterocycles. The second-order valence-corrected chi connectivity index (χ2v) is 4.69. The zero-order valence-electron chi connectivity index (χ0n) is 10.6. The molecule has 0 aromatic heterocycles. The summed E-state index contributed by atoms with van der Waals surface area (Å²) in [4.78, 5) is 2.18. The highest BCUT2D eigenvalue weighted by molar-refractivity contribution is 5.85. The Hall–Kier alpha value is -0.710. The summed E-state index contributed by atoms with van der Waals surface area (Å²) in [6.07, 6.45) is 0. The Kier molecular flexibility index (Phi) is 5.50. The van der Waals surface area contributed by atoms with Crippen molar-refractivity contribution in [2.45, 2.75) is 25.9 Å². The Morgan fingerprint density at radius 1 is 1.39 bits per heavy atom. The lowest BCUT2D eigenvalue weighted by Gasteiger charge is -2.36. The lowest BCUT2D eigenvalue weighted by molar-refractivity contribution is 0.156. The maximum Gasteiger partial charge on any atom is 0.128 e. The number of piperazine rings is 1. The van der Waals surface area contributed by atoms with Gasteiger partial charge in [-0.1, -0.05) is 0 Å². The monoisotopic (exact) mass is 276 g/mol. The minimum Gasteiger partial charge on any atom is -0.312 e. The Morgan fingerprint density at radius 3 is 2.78 bits per heavy atom. The SMILES string of the molecule is CC1CN(C(C)c2cc(F)ccc2F)CCN1.Cl. The molecular weight excluding hydrogens is 258 g/mol. The smallest absolute Gasteiger partial charge is 0.128 e. The molecule has 2 nitrogen and oxygen atoms in total. The van der Waals surface area contributed by atoms with E-state index in [2.05, 4.69) is 17.1 Å². The molecule has 0 radical (unpaired) electrons. The second-order valence-electron chi connectivity index (χ2n) is 4.69. The molecule has 0 bridgehead atoms. The summed E-state index contributed by atoms with van der Waals surface area (Å²) in [6.45, 7) is 6.64. The van der Waals surface area contributed by atoms with Gasteiger partial charge in [-0.2, -0.15) is 0 Å². The van der Waals surface area contributed by atoms with Crippen LogP contribution in [0.25, 0.3) is 0 Å². The van der Waals surface area contributed by atoms with Crippen LogP contribution in [0.4, 0.5) is 8.78 Å². The van der Waals surface area contributed by atoms with Crippen LogP contribution >= 0.6 is 12.4 Å². The van der Waals surface area contributed by atoms with E-state index in [9.17, 15) is 8.78 Å². The fourth-order valence-corrected chi connectivity index (χ4v) is 2.35. The molecular formula is C13H19ClF2N2. The average Bonchev–Trinajstić information content (AvgIpc) is 2.31. The van der Waals surface area contributed by atoms with Gasteiger partial charge in [-0.15, -0.1) is 12.4 Å². The Labute approximate surface area is 113 Å². The van der Waals surface area contributed by atoms with Crippen molar-refractivity contribution in [2.75, 3.05) is 19.6 Å². The molecule has 1 fully saturated rings. The van der Waals surface area contributed by atoms with Crippen LogP contribution < -0.4 is 5.32 Å². The van der Waals surface area contributed by atoms with Crippen molar-refractivity contribution < 1.29 is 8.78 Å². The van der Waals surface area contributed by atoms with E-state index in [0.29, 0.717) is 11.6 Å². The van der Waals surface area contributed by atoms with Crippen LogP contribution in [0.3, 0.4) is 0 Å². The quantitative estimate of drug-likeness (QED) is 0.894. The van der Waals surface area contributed by atoms with E-state index in [0.717, 1.165) is 25.7 Å². The predicted molar refractivity (Wildman–Crippen MR) is 71.1 cm³/mol. The maximum atomic E-state index is 13.7. The molecule has 5 heteroatoms. The molecule has 2 unspecified atom stereocenters. The van der Waals surface area contributed by atoms with Crippen molar-refractivity contribution in [1.29, 1.82) is 0 Å². The van der Waals surface area contributed by atoms with Crippen molar-refractivity contribution in [3.05, 3.63) is 35.4 Å². The van der Waals surface area contributed by atoms with Crippen molar-refractivity contribution in [3.63, 3.8) is 0 Å². The largest absolute Gasteiger partial charge is 0.312 e. The molecule has 2 atom stereocenters. The molecule has 1 aromatic carbocycles. The first kappa shape index (κ1) is 15.3. The first-order chi connectivity index (χ1) is 8.08. The fraction of sp³-hybridized carbons (Fsp3) is 0.538. The minimum atomic E-state index is -0.378. The van der Waals surface area contributed by atoms with Crippen LogP contribution in [0.2, 0.25) is 0 Å². The van der Waals surface area contributed by atoms with E-state index in [1.165, 1.54) is 12.1 Å². The first-order valence-corrected chi connectivity index (χ1v) is 6.00. The van der Waals surface area contributed by atoms with Crippen LogP contribution in [-0.2, 0) is 0 Å². The highest BCUT2D eigenvalue weighted by Gasteiger charge is 2.23. The van der Waals surface area contributed by atoms with Gasteiger partial charge in [0.1, 0.15) is 11.6 Å². The summed E-state index contributed by atoms with van der Waals surface area (Å²) in [5, 5.41) is 3.33. The van der Waals surface area contributed by atoms with Gasteiger partial charge in [-0.05, 0) is 32.0 Å². The number of halogens is 3. The number of nitrogens with zero attached hydrogens (tertiary/aromatic N) is 1.